The van der Waals surface area contributed by atoms with Crippen molar-refractivity contribution in [3.63, 3.8) is 0 Å². The van der Waals surface area contributed by atoms with Crippen molar-refractivity contribution in [2.45, 2.75) is 63.9 Å². The number of aliphatic hydroxyl groups is 1. The standard InChI is InChI=1S/C25H35ClN4O3/c1-16-19(33-5)9-8-18(26)20(16)25(15-24(2,3)32)10-13-30(14-11-25)23-27-21-17(22(31)28-23)7-6-12-29(21)4/h8-9,32H,6-7,10-15H2,1-5H3,(H,27,28,31). The van der Waals surface area contributed by atoms with Crippen molar-refractivity contribution in [1.82, 2.24) is 9.97 Å². The van der Waals surface area contributed by atoms with E-state index in [1.807, 2.05) is 40.0 Å². The van der Waals surface area contributed by atoms with E-state index in [0.29, 0.717) is 30.5 Å². The Morgan fingerprint density at radius 2 is 1.97 bits per heavy atom. The first-order valence-electron chi connectivity index (χ1n) is 11.7. The summed E-state index contributed by atoms with van der Waals surface area (Å²) in [5.74, 6) is 2.22. The van der Waals surface area contributed by atoms with Crippen molar-refractivity contribution in [3.05, 3.63) is 44.2 Å². The normalized spacial score (nSPS) is 18.3. The molecular weight excluding hydrogens is 440 g/mol. The first-order valence-corrected chi connectivity index (χ1v) is 12.1. The van der Waals surface area contributed by atoms with Gasteiger partial charge in [0, 0.05) is 37.1 Å². The third-order valence-corrected chi connectivity index (χ3v) is 7.48. The molecule has 0 aliphatic carbocycles. The van der Waals surface area contributed by atoms with E-state index in [-0.39, 0.29) is 11.0 Å². The van der Waals surface area contributed by atoms with Crippen LogP contribution in [0, 0.1) is 6.92 Å². The molecule has 2 aromatic rings. The zero-order valence-corrected chi connectivity index (χ0v) is 21.1. The minimum absolute atomic E-state index is 0.0402. The van der Waals surface area contributed by atoms with Gasteiger partial charge < -0.3 is 19.6 Å². The zero-order valence-electron chi connectivity index (χ0n) is 20.3. The van der Waals surface area contributed by atoms with Crippen LogP contribution in [0.2, 0.25) is 5.02 Å². The summed E-state index contributed by atoms with van der Waals surface area (Å²) in [6.07, 6.45) is 3.88. The van der Waals surface area contributed by atoms with E-state index in [9.17, 15) is 9.90 Å². The number of H-pyrrole nitrogens is 1. The molecule has 2 N–H and O–H groups in total. The number of fused-ring (bicyclic) bond motifs is 1. The summed E-state index contributed by atoms with van der Waals surface area (Å²) in [4.78, 5) is 24.8. The third-order valence-electron chi connectivity index (χ3n) is 7.17. The number of hydrogen-bond acceptors (Lipinski definition) is 6. The molecule has 0 radical (unpaired) electrons. The molecule has 180 valence electrons. The minimum Gasteiger partial charge on any atom is -0.496 e. The zero-order chi connectivity index (χ0) is 24.0. The number of ether oxygens (including phenoxy) is 1. The van der Waals surface area contributed by atoms with Crippen LogP contribution in [0.5, 0.6) is 5.75 Å². The van der Waals surface area contributed by atoms with Gasteiger partial charge in [0.2, 0.25) is 5.95 Å². The molecule has 7 nitrogen and oxygen atoms in total. The number of hydrogen-bond donors (Lipinski definition) is 2. The van der Waals surface area contributed by atoms with Crippen LogP contribution < -0.4 is 20.1 Å². The predicted molar refractivity (Wildman–Crippen MR) is 133 cm³/mol. The molecular formula is C25H35ClN4O3. The van der Waals surface area contributed by atoms with E-state index in [1.54, 1.807) is 7.11 Å². The van der Waals surface area contributed by atoms with Crippen molar-refractivity contribution in [2.75, 3.05) is 43.6 Å². The molecule has 1 aromatic heterocycles. The van der Waals surface area contributed by atoms with Crippen LogP contribution in [-0.4, -0.2) is 54.5 Å². The van der Waals surface area contributed by atoms with Gasteiger partial charge in [-0.05, 0) is 76.1 Å². The highest BCUT2D eigenvalue weighted by Gasteiger charge is 2.43. The highest BCUT2D eigenvalue weighted by atomic mass is 35.5. The van der Waals surface area contributed by atoms with Crippen LogP contribution in [-0.2, 0) is 11.8 Å². The van der Waals surface area contributed by atoms with Gasteiger partial charge in [-0.3, -0.25) is 9.78 Å². The van der Waals surface area contributed by atoms with Crippen LogP contribution in [0.4, 0.5) is 11.8 Å². The van der Waals surface area contributed by atoms with Crippen molar-refractivity contribution in [3.8, 4) is 5.75 Å². The molecule has 2 aliphatic heterocycles. The molecule has 2 aliphatic rings. The fourth-order valence-electron chi connectivity index (χ4n) is 5.79. The lowest BCUT2D eigenvalue weighted by molar-refractivity contribution is 0.0369. The number of aromatic nitrogens is 2. The monoisotopic (exact) mass is 474 g/mol. The van der Waals surface area contributed by atoms with E-state index in [0.717, 1.165) is 60.5 Å². The molecule has 0 amide bonds. The van der Waals surface area contributed by atoms with Gasteiger partial charge in [0.1, 0.15) is 11.6 Å². The maximum absolute atomic E-state index is 12.8. The number of benzene rings is 1. The van der Waals surface area contributed by atoms with Crippen LogP contribution in [0.1, 0.15) is 56.2 Å². The Hall–Kier alpha value is -2.25. The molecule has 1 saturated heterocycles. The van der Waals surface area contributed by atoms with Gasteiger partial charge in [-0.15, -0.1) is 0 Å². The van der Waals surface area contributed by atoms with Crippen molar-refractivity contribution >= 4 is 23.4 Å². The van der Waals surface area contributed by atoms with Crippen LogP contribution in [0.25, 0.3) is 0 Å². The molecule has 33 heavy (non-hydrogen) atoms. The quantitative estimate of drug-likeness (QED) is 0.685. The highest BCUT2D eigenvalue weighted by molar-refractivity contribution is 6.31. The Morgan fingerprint density at radius 1 is 1.27 bits per heavy atom. The lowest BCUT2D eigenvalue weighted by Gasteiger charge is -2.46. The summed E-state index contributed by atoms with van der Waals surface area (Å²) in [5, 5.41) is 11.5. The summed E-state index contributed by atoms with van der Waals surface area (Å²) in [6.45, 7) is 8.05. The number of nitrogens with one attached hydrogen (secondary N) is 1. The van der Waals surface area contributed by atoms with E-state index in [4.69, 9.17) is 21.3 Å². The summed E-state index contributed by atoms with van der Waals surface area (Å²) >= 11 is 6.76. The van der Waals surface area contributed by atoms with Crippen LogP contribution >= 0.6 is 11.6 Å². The smallest absolute Gasteiger partial charge is 0.257 e. The molecule has 4 rings (SSSR count). The van der Waals surface area contributed by atoms with Gasteiger partial charge in [-0.25, -0.2) is 0 Å². The van der Waals surface area contributed by atoms with E-state index >= 15 is 0 Å². The van der Waals surface area contributed by atoms with Gasteiger partial charge in [-0.1, -0.05) is 11.6 Å². The first kappa shape index (κ1) is 23.9. The molecule has 0 saturated carbocycles. The minimum atomic E-state index is -0.859. The predicted octanol–water partition coefficient (Wildman–Crippen LogP) is 3.82. The molecule has 0 atom stereocenters. The Morgan fingerprint density at radius 3 is 2.61 bits per heavy atom. The third kappa shape index (κ3) is 4.58. The molecule has 0 spiro atoms. The van der Waals surface area contributed by atoms with Crippen molar-refractivity contribution < 1.29 is 9.84 Å². The number of methoxy groups -OCH3 is 1. The molecule has 8 heteroatoms. The average molecular weight is 475 g/mol. The lowest BCUT2D eigenvalue weighted by atomic mass is 9.66. The molecule has 1 aromatic carbocycles. The molecule has 0 bridgehead atoms. The molecule has 0 unspecified atom stereocenters. The number of anilines is 2. The Balaban J connectivity index is 1.69. The van der Waals surface area contributed by atoms with Gasteiger partial charge in [0.25, 0.3) is 5.56 Å². The summed E-state index contributed by atoms with van der Waals surface area (Å²) < 4.78 is 5.59. The average Bonchev–Trinajstić information content (AvgIpc) is 2.74. The Labute approximate surface area is 200 Å². The largest absolute Gasteiger partial charge is 0.496 e. The van der Waals surface area contributed by atoms with E-state index in [1.165, 1.54) is 0 Å². The van der Waals surface area contributed by atoms with Crippen molar-refractivity contribution in [1.29, 1.82) is 0 Å². The second-order valence-electron chi connectivity index (χ2n) is 10.2. The van der Waals surface area contributed by atoms with Gasteiger partial charge in [-0.2, -0.15) is 4.98 Å². The van der Waals surface area contributed by atoms with Crippen LogP contribution in [0.3, 0.4) is 0 Å². The fraction of sp³-hybridized carbons (Fsp3) is 0.600. The van der Waals surface area contributed by atoms with Crippen molar-refractivity contribution in [2.24, 2.45) is 0 Å². The van der Waals surface area contributed by atoms with Gasteiger partial charge in [0.15, 0.2) is 0 Å². The number of piperidine rings is 1. The number of rotatable bonds is 5. The maximum atomic E-state index is 12.8. The lowest BCUT2D eigenvalue weighted by Crippen LogP contribution is -2.47. The second kappa shape index (κ2) is 8.84. The second-order valence-corrected chi connectivity index (χ2v) is 10.6. The Kier molecular flexibility index (Phi) is 6.40. The molecule has 3 heterocycles. The number of halogens is 1. The Bertz CT molecular complexity index is 1080. The van der Waals surface area contributed by atoms with E-state index < -0.39 is 5.60 Å². The number of aromatic amines is 1. The van der Waals surface area contributed by atoms with E-state index in [2.05, 4.69) is 14.8 Å². The first-order chi connectivity index (χ1) is 15.5. The number of nitrogens with zero attached hydrogens (tertiary/aromatic N) is 3. The van der Waals surface area contributed by atoms with Gasteiger partial charge in [0.05, 0.1) is 18.3 Å². The van der Waals surface area contributed by atoms with Gasteiger partial charge >= 0.3 is 0 Å². The summed E-state index contributed by atoms with van der Waals surface area (Å²) in [7, 11) is 3.66. The topological polar surface area (TPSA) is 81.7 Å². The SMILES string of the molecule is COc1ccc(Cl)c(C2(CC(C)(C)O)CCN(c3nc4c(c(=O)[nH]3)CCCN4C)CC2)c1C. The molecule has 1 fully saturated rings. The summed E-state index contributed by atoms with van der Waals surface area (Å²) in [6, 6.07) is 3.78. The van der Waals surface area contributed by atoms with Crippen LogP contribution in [0.15, 0.2) is 16.9 Å². The summed E-state index contributed by atoms with van der Waals surface area (Å²) in [5.41, 5.74) is 1.64. The fourth-order valence-corrected chi connectivity index (χ4v) is 6.19. The highest BCUT2D eigenvalue weighted by Crippen LogP contribution is 2.48. The maximum Gasteiger partial charge on any atom is 0.257 e.